The lowest BCUT2D eigenvalue weighted by Crippen LogP contribution is -2.30. The summed E-state index contributed by atoms with van der Waals surface area (Å²) in [5.74, 6) is -0.897. The van der Waals surface area contributed by atoms with Crippen molar-refractivity contribution in [1.29, 1.82) is 0 Å². The highest BCUT2D eigenvalue weighted by Crippen LogP contribution is 2.22. The predicted molar refractivity (Wildman–Crippen MR) is 97.7 cm³/mol. The number of ether oxygens (including phenoxy) is 1. The SMILES string of the molecule is C/C=C\CCC(C)CC(CO)C(=O)CCCC(O)(CC)OC.CO. The van der Waals surface area contributed by atoms with Gasteiger partial charge in [0, 0.05) is 33.0 Å². The molecular weight excluding hydrogens is 308 g/mol. The van der Waals surface area contributed by atoms with Crippen LogP contribution in [0.25, 0.3) is 0 Å². The van der Waals surface area contributed by atoms with E-state index in [1.54, 1.807) is 0 Å². The summed E-state index contributed by atoms with van der Waals surface area (Å²) in [6.45, 7) is 5.89. The quantitative estimate of drug-likeness (QED) is 0.352. The Labute approximate surface area is 147 Å². The molecule has 3 N–H and O–H groups in total. The van der Waals surface area contributed by atoms with Crippen LogP contribution in [0.1, 0.15) is 65.7 Å². The topological polar surface area (TPSA) is 87.0 Å². The summed E-state index contributed by atoms with van der Waals surface area (Å²) in [6, 6.07) is 0. The third-order valence-electron chi connectivity index (χ3n) is 4.35. The second kappa shape index (κ2) is 15.8. The van der Waals surface area contributed by atoms with E-state index in [0.29, 0.717) is 31.6 Å². The van der Waals surface area contributed by atoms with Crippen molar-refractivity contribution >= 4 is 5.78 Å². The van der Waals surface area contributed by atoms with Crippen LogP contribution >= 0.6 is 0 Å². The Balaban J connectivity index is 0. The van der Waals surface area contributed by atoms with Gasteiger partial charge < -0.3 is 20.1 Å². The number of methoxy groups -OCH3 is 1. The van der Waals surface area contributed by atoms with E-state index in [2.05, 4.69) is 13.0 Å². The highest BCUT2D eigenvalue weighted by Gasteiger charge is 2.25. The summed E-state index contributed by atoms with van der Waals surface area (Å²) in [4.78, 5) is 12.2. The second-order valence-electron chi connectivity index (χ2n) is 6.19. The van der Waals surface area contributed by atoms with E-state index in [4.69, 9.17) is 9.84 Å². The second-order valence-corrected chi connectivity index (χ2v) is 6.19. The lowest BCUT2D eigenvalue weighted by Gasteiger charge is -2.25. The molecule has 0 heterocycles. The maximum Gasteiger partial charge on any atom is 0.164 e. The zero-order chi connectivity index (χ0) is 19.0. The molecule has 0 saturated carbocycles. The summed E-state index contributed by atoms with van der Waals surface area (Å²) < 4.78 is 5.06. The fraction of sp³-hybridized carbons (Fsp3) is 0.842. The number of ketones is 1. The zero-order valence-electron chi connectivity index (χ0n) is 16.1. The minimum atomic E-state index is -1.13. The molecule has 0 saturated heterocycles. The molecule has 0 aromatic carbocycles. The van der Waals surface area contributed by atoms with Crippen molar-refractivity contribution < 1.29 is 24.9 Å². The highest BCUT2D eigenvalue weighted by molar-refractivity contribution is 5.81. The van der Waals surface area contributed by atoms with Gasteiger partial charge >= 0.3 is 0 Å². The number of carbonyl (C=O) groups is 1. The number of hydrogen-bond acceptors (Lipinski definition) is 5. The number of Topliss-reactive ketones (excluding diaryl/α,β-unsaturated/α-hetero) is 1. The number of aliphatic hydroxyl groups is 3. The van der Waals surface area contributed by atoms with Gasteiger partial charge in [-0.3, -0.25) is 4.79 Å². The number of rotatable bonds is 13. The molecule has 0 aliphatic heterocycles. The van der Waals surface area contributed by atoms with Gasteiger partial charge in [-0.05, 0) is 44.9 Å². The van der Waals surface area contributed by atoms with Crippen LogP contribution in [-0.4, -0.2) is 47.7 Å². The minimum Gasteiger partial charge on any atom is -0.400 e. The fourth-order valence-electron chi connectivity index (χ4n) is 2.62. The molecule has 0 fully saturated rings. The van der Waals surface area contributed by atoms with E-state index in [0.717, 1.165) is 26.4 Å². The fourth-order valence-corrected chi connectivity index (χ4v) is 2.62. The largest absolute Gasteiger partial charge is 0.400 e. The molecular formula is C19H38O5. The normalized spacial score (nSPS) is 16.2. The Morgan fingerprint density at radius 3 is 2.42 bits per heavy atom. The molecule has 5 heteroatoms. The molecule has 0 amide bonds. The van der Waals surface area contributed by atoms with Crippen LogP contribution < -0.4 is 0 Å². The third kappa shape index (κ3) is 11.7. The van der Waals surface area contributed by atoms with Crippen molar-refractivity contribution in [3.63, 3.8) is 0 Å². The Bertz CT molecular complexity index is 324. The minimum absolute atomic E-state index is 0.0882. The van der Waals surface area contributed by atoms with Crippen LogP contribution in [0.2, 0.25) is 0 Å². The summed E-state index contributed by atoms with van der Waals surface area (Å²) in [7, 11) is 2.48. The van der Waals surface area contributed by atoms with Gasteiger partial charge in [-0.15, -0.1) is 0 Å². The molecule has 0 rings (SSSR count). The molecule has 5 nitrogen and oxygen atoms in total. The smallest absolute Gasteiger partial charge is 0.164 e. The van der Waals surface area contributed by atoms with Crippen LogP contribution in [0.4, 0.5) is 0 Å². The van der Waals surface area contributed by atoms with E-state index in [1.165, 1.54) is 7.11 Å². The van der Waals surface area contributed by atoms with E-state index >= 15 is 0 Å². The van der Waals surface area contributed by atoms with Crippen LogP contribution in [0.5, 0.6) is 0 Å². The monoisotopic (exact) mass is 346 g/mol. The van der Waals surface area contributed by atoms with Gasteiger partial charge in [-0.2, -0.15) is 0 Å². The molecule has 0 aromatic rings. The standard InChI is InChI=1S/C18H34O4.CH4O/c1-5-7-8-10-15(3)13-16(14-19)17(20)11-9-12-18(21,6-2)22-4;1-2/h5,7,15-16,19,21H,6,8-14H2,1-4H3;2H,1H3/b7-5-;. The average molecular weight is 347 g/mol. The van der Waals surface area contributed by atoms with Gasteiger partial charge in [-0.25, -0.2) is 0 Å². The lowest BCUT2D eigenvalue weighted by atomic mass is 9.88. The molecule has 0 bridgehead atoms. The molecule has 0 aliphatic carbocycles. The Hall–Kier alpha value is -0.750. The first kappa shape index (κ1) is 25.5. The first-order chi connectivity index (χ1) is 11.4. The third-order valence-corrected chi connectivity index (χ3v) is 4.35. The predicted octanol–water partition coefficient (Wildman–Crippen LogP) is 3.07. The van der Waals surface area contributed by atoms with Crippen molar-refractivity contribution in [3.8, 4) is 0 Å². The van der Waals surface area contributed by atoms with E-state index in [9.17, 15) is 15.0 Å². The van der Waals surface area contributed by atoms with E-state index in [1.807, 2.05) is 19.9 Å². The summed E-state index contributed by atoms with van der Waals surface area (Å²) in [6.07, 6.45) is 8.86. The number of carbonyl (C=O) groups excluding carboxylic acids is 1. The zero-order valence-corrected chi connectivity index (χ0v) is 16.1. The van der Waals surface area contributed by atoms with Crippen LogP contribution in [0, 0.1) is 11.8 Å². The van der Waals surface area contributed by atoms with Crippen molar-refractivity contribution in [1.82, 2.24) is 0 Å². The number of aliphatic hydroxyl groups excluding tert-OH is 2. The highest BCUT2D eigenvalue weighted by atomic mass is 16.6. The van der Waals surface area contributed by atoms with Crippen molar-refractivity contribution in [2.45, 2.75) is 71.5 Å². The Kier molecular flexibility index (Phi) is 16.7. The Morgan fingerprint density at radius 1 is 1.33 bits per heavy atom. The summed E-state index contributed by atoms with van der Waals surface area (Å²) >= 11 is 0. The molecule has 0 aliphatic rings. The van der Waals surface area contributed by atoms with E-state index < -0.39 is 5.79 Å². The summed E-state index contributed by atoms with van der Waals surface area (Å²) in [5.41, 5.74) is 0. The molecule has 3 unspecified atom stereocenters. The average Bonchev–Trinajstić information content (AvgIpc) is 2.61. The maximum absolute atomic E-state index is 12.2. The van der Waals surface area contributed by atoms with Gasteiger partial charge in [0.2, 0.25) is 0 Å². The van der Waals surface area contributed by atoms with Gasteiger partial charge in [0.25, 0.3) is 0 Å². The Morgan fingerprint density at radius 2 is 1.96 bits per heavy atom. The number of hydrogen-bond donors (Lipinski definition) is 3. The first-order valence-corrected chi connectivity index (χ1v) is 8.89. The molecule has 0 radical (unpaired) electrons. The first-order valence-electron chi connectivity index (χ1n) is 8.89. The van der Waals surface area contributed by atoms with Crippen LogP contribution in [0.15, 0.2) is 12.2 Å². The molecule has 144 valence electrons. The summed E-state index contributed by atoms with van der Waals surface area (Å²) in [5, 5.41) is 26.5. The molecule has 3 atom stereocenters. The van der Waals surface area contributed by atoms with Crippen molar-refractivity contribution in [2.75, 3.05) is 20.8 Å². The van der Waals surface area contributed by atoms with Gasteiger partial charge in [0.1, 0.15) is 5.78 Å². The molecule has 24 heavy (non-hydrogen) atoms. The van der Waals surface area contributed by atoms with Gasteiger partial charge in [0.15, 0.2) is 5.79 Å². The van der Waals surface area contributed by atoms with Crippen molar-refractivity contribution in [3.05, 3.63) is 12.2 Å². The number of allylic oxidation sites excluding steroid dienone is 2. The van der Waals surface area contributed by atoms with Gasteiger partial charge in [0.05, 0.1) is 6.61 Å². The van der Waals surface area contributed by atoms with Gasteiger partial charge in [-0.1, -0.05) is 26.0 Å². The van der Waals surface area contributed by atoms with E-state index in [-0.39, 0.29) is 18.3 Å². The molecule has 0 aromatic heterocycles. The van der Waals surface area contributed by atoms with Crippen molar-refractivity contribution in [2.24, 2.45) is 11.8 Å². The van der Waals surface area contributed by atoms with Crippen LogP contribution in [-0.2, 0) is 9.53 Å². The maximum atomic E-state index is 12.2. The van der Waals surface area contributed by atoms with Crippen LogP contribution in [0.3, 0.4) is 0 Å². The lowest BCUT2D eigenvalue weighted by molar-refractivity contribution is -0.191. The molecule has 0 spiro atoms.